The van der Waals surface area contributed by atoms with Gasteiger partial charge in [0.1, 0.15) is 16.7 Å². The second kappa shape index (κ2) is 8.45. The standard InChI is InChI=1S/C20H21Cl2NO5/c1-12-16(13(2)28-23-12)11-26-17-6-4-14(8-18(17)25-3)5-7-19(24)27-10-15-9-20(15,21)22/h4-8,15H,9-11H2,1-3H3/b7-5+/t15-/m0/s1. The minimum Gasteiger partial charge on any atom is -0.493 e. The molecule has 1 fully saturated rings. The molecule has 0 N–H and O–H groups in total. The molecule has 8 heteroatoms. The SMILES string of the molecule is COc1cc(/C=C/C(=O)OC[C@@H]2CC2(Cl)Cl)ccc1OCc1c(C)noc1C. The molecular weight excluding hydrogens is 405 g/mol. The van der Waals surface area contributed by atoms with Crippen molar-refractivity contribution in [3.8, 4) is 11.5 Å². The predicted octanol–water partition coefficient (Wildman–Crippen LogP) is 4.63. The molecule has 1 aromatic heterocycles. The van der Waals surface area contributed by atoms with Gasteiger partial charge in [0.2, 0.25) is 0 Å². The molecule has 1 atom stereocenters. The van der Waals surface area contributed by atoms with Crippen molar-refractivity contribution in [3.63, 3.8) is 0 Å². The highest BCUT2D eigenvalue weighted by Crippen LogP contribution is 2.53. The molecule has 0 radical (unpaired) electrons. The molecule has 0 unspecified atom stereocenters. The average molecular weight is 426 g/mol. The first-order valence-electron chi connectivity index (χ1n) is 8.75. The van der Waals surface area contributed by atoms with E-state index in [9.17, 15) is 4.79 Å². The first-order chi connectivity index (χ1) is 13.3. The maximum absolute atomic E-state index is 11.8. The third-order valence-electron chi connectivity index (χ3n) is 4.54. The Labute approximate surface area is 173 Å². The summed E-state index contributed by atoms with van der Waals surface area (Å²) in [7, 11) is 1.56. The molecular formula is C20H21Cl2NO5. The normalized spacial score (nSPS) is 17.5. The summed E-state index contributed by atoms with van der Waals surface area (Å²) in [6, 6.07) is 5.37. The van der Waals surface area contributed by atoms with E-state index in [1.54, 1.807) is 25.3 Å². The highest BCUT2D eigenvalue weighted by Gasteiger charge is 2.52. The van der Waals surface area contributed by atoms with Gasteiger partial charge >= 0.3 is 5.97 Å². The molecule has 0 bridgehead atoms. The summed E-state index contributed by atoms with van der Waals surface area (Å²) in [5.74, 6) is 1.41. The van der Waals surface area contributed by atoms with Crippen molar-refractivity contribution in [2.75, 3.05) is 13.7 Å². The van der Waals surface area contributed by atoms with Gasteiger partial charge < -0.3 is 18.7 Å². The van der Waals surface area contributed by atoms with Crippen LogP contribution in [0.15, 0.2) is 28.8 Å². The fourth-order valence-corrected chi connectivity index (χ4v) is 3.11. The molecule has 28 heavy (non-hydrogen) atoms. The number of alkyl halides is 2. The van der Waals surface area contributed by atoms with Crippen LogP contribution in [-0.4, -0.2) is 29.2 Å². The molecule has 1 aliphatic carbocycles. The monoisotopic (exact) mass is 425 g/mol. The van der Waals surface area contributed by atoms with Crippen molar-refractivity contribution in [1.29, 1.82) is 0 Å². The van der Waals surface area contributed by atoms with Crippen LogP contribution in [0.3, 0.4) is 0 Å². The number of ether oxygens (including phenoxy) is 3. The van der Waals surface area contributed by atoms with E-state index in [0.29, 0.717) is 24.5 Å². The number of aromatic nitrogens is 1. The van der Waals surface area contributed by atoms with E-state index in [-0.39, 0.29) is 12.5 Å². The molecule has 0 aliphatic heterocycles. The van der Waals surface area contributed by atoms with Gasteiger partial charge in [0, 0.05) is 12.0 Å². The summed E-state index contributed by atoms with van der Waals surface area (Å²) in [5.41, 5.74) is 2.47. The van der Waals surface area contributed by atoms with Crippen molar-refractivity contribution >= 4 is 35.2 Å². The number of hydrogen-bond donors (Lipinski definition) is 0. The molecule has 1 aliphatic rings. The fourth-order valence-electron chi connectivity index (χ4n) is 2.61. The second-order valence-electron chi connectivity index (χ2n) is 6.63. The van der Waals surface area contributed by atoms with E-state index >= 15 is 0 Å². The van der Waals surface area contributed by atoms with Gasteiger partial charge in [-0.25, -0.2) is 4.79 Å². The molecule has 3 rings (SSSR count). The van der Waals surface area contributed by atoms with Gasteiger partial charge in [-0.3, -0.25) is 0 Å². The lowest BCUT2D eigenvalue weighted by molar-refractivity contribution is -0.138. The van der Waals surface area contributed by atoms with Gasteiger partial charge in [-0.1, -0.05) is 11.2 Å². The molecule has 1 saturated carbocycles. The molecule has 1 aromatic carbocycles. The minimum atomic E-state index is -0.753. The number of hydrogen-bond acceptors (Lipinski definition) is 6. The number of methoxy groups -OCH3 is 1. The Morgan fingerprint density at radius 3 is 2.71 bits per heavy atom. The predicted molar refractivity (Wildman–Crippen MR) is 106 cm³/mol. The van der Waals surface area contributed by atoms with Crippen LogP contribution in [0.1, 0.15) is 29.0 Å². The van der Waals surface area contributed by atoms with Crippen molar-refractivity contribution in [2.24, 2.45) is 5.92 Å². The van der Waals surface area contributed by atoms with Crippen LogP contribution >= 0.6 is 23.2 Å². The Morgan fingerprint density at radius 2 is 2.11 bits per heavy atom. The molecule has 6 nitrogen and oxygen atoms in total. The molecule has 0 spiro atoms. The van der Waals surface area contributed by atoms with Crippen molar-refractivity contribution in [2.45, 2.75) is 31.2 Å². The van der Waals surface area contributed by atoms with Gasteiger partial charge in [-0.2, -0.15) is 0 Å². The first-order valence-corrected chi connectivity index (χ1v) is 9.51. The van der Waals surface area contributed by atoms with Crippen LogP contribution in [0.2, 0.25) is 0 Å². The second-order valence-corrected chi connectivity index (χ2v) is 8.17. The Morgan fingerprint density at radius 1 is 1.36 bits per heavy atom. The van der Waals surface area contributed by atoms with Crippen molar-refractivity contribution in [3.05, 3.63) is 46.9 Å². The van der Waals surface area contributed by atoms with E-state index < -0.39 is 10.3 Å². The largest absolute Gasteiger partial charge is 0.493 e. The maximum atomic E-state index is 11.8. The number of rotatable bonds is 8. The van der Waals surface area contributed by atoms with E-state index in [1.807, 2.05) is 19.9 Å². The Hall–Kier alpha value is -2.18. The van der Waals surface area contributed by atoms with E-state index in [4.69, 9.17) is 41.9 Å². The van der Waals surface area contributed by atoms with Gasteiger partial charge in [0.05, 0.1) is 25.0 Å². The number of nitrogens with zero attached hydrogens (tertiary/aromatic N) is 1. The first kappa shape index (κ1) is 20.6. The van der Waals surface area contributed by atoms with E-state index in [2.05, 4.69) is 5.16 Å². The molecule has 0 amide bonds. The minimum absolute atomic E-state index is 0.00223. The zero-order valence-corrected chi connectivity index (χ0v) is 17.3. The zero-order chi connectivity index (χ0) is 20.3. The average Bonchev–Trinajstić information content (AvgIpc) is 3.16. The third kappa shape index (κ3) is 5.00. The quantitative estimate of drug-likeness (QED) is 0.348. The number of halogens is 2. The number of esters is 1. The number of aryl methyl sites for hydroxylation is 2. The zero-order valence-electron chi connectivity index (χ0n) is 15.8. The molecule has 150 valence electrons. The maximum Gasteiger partial charge on any atom is 0.330 e. The highest BCUT2D eigenvalue weighted by atomic mass is 35.5. The molecule has 2 aromatic rings. The van der Waals surface area contributed by atoms with Crippen LogP contribution in [0.25, 0.3) is 6.08 Å². The van der Waals surface area contributed by atoms with Crippen LogP contribution in [0, 0.1) is 19.8 Å². The lowest BCUT2D eigenvalue weighted by atomic mass is 10.2. The summed E-state index contributed by atoms with van der Waals surface area (Å²) in [6.07, 6.45) is 3.63. The van der Waals surface area contributed by atoms with Gasteiger partial charge in [-0.15, -0.1) is 23.2 Å². The summed E-state index contributed by atoms with van der Waals surface area (Å²) in [4.78, 5) is 11.8. The van der Waals surface area contributed by atoms with Crippen molar-refractivity contribution < 1.29 is 23.5 Å². The van der Waals surface area contributed by atoms with Crippen LogP contribution in [-0.2, 0) is 16.1 Å². The number of carbonyl (C=O) groups is 1. The van der Waals surface area contributed by atoms with Crippen LogP contribution in [0.4, 0.5) is 0 Å². The van der Waals surface area contributed by atoms with E-state index in [1.165, 1.54) is 6.08 Å². The Kier molecular flexibility index (Phi) is 6.20. The Balaban J connectivity index is 1.58. The molecule has 1 heterocycles. The summed E-state index contributed by atoms with van der Waals surface area (Å²) < 4.78 is 20.8. The van der Waals surface area contributed by atoms with Gasteiger partial charge in [-0.05, 0) is 44.0 Å². The van der Waals surface area contributed by atoms with E-state index in [0.717, 1.165) is 22.6 Å². The smallest absolute Gasteiger partial charge is 0.330 e. The summed E-state index contributed by atoms with van der Waals surface area (Å²) >= 11 is 11.8. The fraction of sp³-hybridized carbons (Fsp3) is 0.400. The van der Waals surface area contributed by atoms with Crippen LogP contribution in [0.5, 0.6) is 11.5 Å². The number of benzene rings is 1. The highest BCUT2D eigenvalue weighted by molar-refractivity contribution is 6.50. The van der Waals surface area contributed by atoms with Crippen LogP contribution < -0.4 is 9.47 Å². The van der Waals surface area contributed by atoms with Gasteiger partial charge in [0.25, 0.3) is 0 Å². The topological polar surface area (TPSA) is 70.8 Å². The van der Waals surface area contributed by atoms with Gasteiger partial charge in [0.15, 0.2) is 11.5 Å². The summed E-state index contributed by atoms with van der Waals surface area (Å²) in [5, 5.41) is 3.91. The third-order valence-corrected chi connectivity index (χ3v) is 5.46. The molecule has 0 saturated heterocycles. The van der Waals surface area contributed by atoms with Crippen molar-refractivity contribution in [1.82, 2.24) is 5.16 Å². The number of carbonyl (C=O) groups excluding carboxylic acids is 1. The summed E-state index contributed by atoms with van der Waals surface area (Å²) in [6.45, 7) is 4.24. The Bertz CT molecular complexity index is 871. The lowest BCUT2D eigenvalue weighted by Gasteiger charge is -2.11. The lowest BCUT2D eigenvalue weighted by Crippen LogP contribution is -2.06.